The van der Waals surface area contributed by atoms with Crippen LogP contribution in [0.4, 0.5) is 0 Å². The standard InChI is InChI=1S/C15H32BrN/c1-15(2,3)14-17(4)13-11-9-7-5-6-8-10-12-16/h5-14H2,1-4H3. The molecule has 0 N–H and O–H groups in total. The number of halogens is 1. The highest BCUT2D eigenvalue weighted by Crippen LogP contribution is 2.15. The van der Waals surface area contributed by atoms with Crippen molar-refractivity contribution in [1.82, 2.24) is 4.90 Å². The number of nitrogens with zero attached hydrogens (tertiary/aromatic N) is 1. The van der Waals surface area contributed by atoms with Gasteiger partial charge < -0.3 is 4.90 Å². The number of hydrogen-bond donors (Lipinski definition) is 0. The van der Waals surface area contributed by atoms with Gasteiger partial charge in [0, 0.05) is 11.9 Å². The predicted octanol–water partition coefficient (Wildman–Crippen LogP) is 5.09. The summed E-state index contributed by atoms with van der Waals surface area (Å²) >= 11 is 3.48. The summed E-state index contributed by atoms with van der Waals surface area (Å²) < 4.78 is 0. The third kappa shape index (κ3) is 14.4. The van der Waals surface area contributed by atoms with Gasteiger partial charge in [0.05, 0.1) is 0 Å². The summed E-state index contributed by atoms with van der Waals surface area (Å²) in [5.74, 6) is 0. The van der Waals surface area contributed by atoms with Gasteiger partial charge in [-0.1, -0.05) is 68.8 Å². The minimum atomic E-state index is 0.435. The fraction of sp³-hybridized carbons (Fsp3) is 1.00. The van der Waals surface area contributed by atoms with E-state index in [1.54, 1.807) is 0 Å². The maximum Gasteiger partial charge on any atom is 0.00313 e. The zero-order chi connectivity index (χ0) is 13.1. The van der Waals surface area contributed by atoms with Crippen molar-refractivity contribution in [2.24, 2.45) is 5.41 Å². The lowest BCUT2D eigenvalue weighted by Gasteiger charge is -2.26. The van der Waals surface area contributed by atoms with Crippen molar-refractivity contribution < 1.29 is 0 Å². The Labute approximate surface area is 117 Å². The molecule has 104 valence electrons. The second-order valence-electron chi connectivity index (χ2n) is 6.46. The molecule has 0 amide bonds. The van der Waals surface area contributed by atoms with Crippen LogP contribution in [-0.4, -0.2) is 30.4 Å². The van der Waals surface area contributed by atoms with Crippen molar-refractivity contribution in [2.75, 3.05) is 25.5 Å². The molecule has 0 aromatic rings. The van der Waals surface area contributed by atoms with E-state index in [1.165, 1.54) is 63.4 Å². The average molecular weight is 306 g/mol. The first kappa shape index (κ1) is 17.4. The molecule has 0 atom stereocenters. The van der Waals surface area contributed by atoms with Gasteiger partial charge in [-0.3, -0.25) is 0 Å². The van der Waals surface area contributed by atoms with Gasteiger partial charge in [-0.15, -0.1) is 0 Å². The normalized spacial score (nSPS) is 12.4. The summed E-state index contributed by atoms with van der Waals surface area (Å²) in [5, 5.41) is 1.17. The van der Waals surface area contributed by atoms with Gasteiger partial charge in [-0.05, 0) is 31.8 Å². The first-order chi connectivity index (χ1) is 7.95. The van der Waals surface area contributed by atoms with E-state index >= 15 is 0 Å². The largest absolute Gasteiger partial charge is 0.306 e. The number of rotatable bonds is 10. The molecule has 0 aromatic carbocycles. The molecular weight excluding hydrogens is 274 g/mol. The molecule has 0 bridgehead atoms. The van der Waals surface area contributed by atoms with E-state index in [1.807, 2.05) is 0 Å². The molecule has 17 heavy (non-hydrogen) atoms. The van der Waals surface area contributed by atoms with Crippen LogP contribution in [0.15, 0.2) is 0 Å². The Balaban J connectivity index is 3.22. The van der Waals surface area contributed by atoms with Crippen LogP contribution in [0.3, 0.4) is 0 Å². The van der Waals surface area contributed by atoms with E-state index in [2.05, 4.69) is 48.6 Å². The molecule has 0 heterocycles. The van der Waals surface area contributed by atoms with Crippen LogP contribution in [0, 0.1) is 5.41 Å². The lowest BCUT2D eigenvalue weighted by atomic mass is 9.96. The maximum absolute atomic E-state index is 3.48. The third-order valence-electron chi connectivity index (χ3n) is 2.92. The van der Waals surface area contributed by atoms with Crippen molar-refractivity contribution in [2.45, 2.75) is 65.7 Å². The highest BCUT2D eigenvalue weighted by atomic mass is 79.9. The summed E-state index contributed by atoms with van der Waals surface area (Å²) in [6, 6.07) is 0. The van der Waals surface area contributed by atoms with Gasteiger partial charge in [0.2, 0.25) is 0 Å². The van der Waals surface area contributed by atoms with Crippen LogP contribution in [0.25, 0.3) is 0 Å². The zero-order valence-corrected chi connectivity index (χ0v) is 14.0. The molecule has 0 saturated carbocycles. The molecule has 0 aliphatic heterocycles. The SMILES string of the molecule is CN(CCCCCCCCCBr)CC(C)(C)C. The Kier molecular flexibility index (Phi) is 10.6. The van der Waals surface area contributed by atoms with Gasteiger partial charge >= 0.3 is 0 Å². The summed E-state index contributed by atoms with van der Waals surface area (Å²) in [7, 11) is 2.25. The Hall–Kier alpha value is 0.440. The van der Waals surface area contributed by atoms with Crippen LogP contribution < -0.4 is 0 Å². The molecule has 0 aliphatic rings. The smallest absolute Gasteiger partial charge is 0.00313 e. The monoisotopic (exact) mass is 305 g/mol. The molecule has 0 aromatic heterocycles. The van der Waals surface area contributed by atoms with E-state index in [-0.39, 0.29) is 0 Å². The number of hydrogen-bond acceptors (Lipinski definition) is 1. The van der Waals surface area contributed by atoms with Crippen LogP contribution in [0.5, 0.6) is 0 Å². The van der Waals surface area contributed by atoms with Crippen molar-refractivity contribution in [3.63, 3.8) is 0 Å². The minimum Gasteiger partial charge on any atom is -0.306 e. The van der Waals surface area contributed by atoms with Gasteiger partial charge in [-0.2, -0.15) is 0 Å². The summed E-state index contributed by atoms with van der Waals surface area (Å²) in [6.45, 7) is 9.41. The van der Waals surface area contributed by atoms with Gasteiger partial charge in [0.1, 0.15) is 0 Å². The van der Waals surface area contributed by atoms with Crippen LogP contribution in [0.1, 0.15) is 65.7 Å². The highest BCUT2D eigenvalue weighted by molar-refractivity contribution is 9.09. The molecule has 0 rings (SSSR count). The molecule has 0 aliphatic carbocycles. The second kappa shape index (κ2) is 10.4. The zero-order valence-electron chi connectivity index (χ0n) is 12.4. The topological polar surface area (TPSA) is 3.24 Å². The molecule has 1 nitrogen and oxygen atoms in total. The summed E-state index contributed by atoms with van der Waals surface area (Å²) in [4.78, 5) is 2.48. The minimum absolute atomic E-state index is 0.435. The van der Waals surface area contributed by atoms with Gasteiger partial charge in [-0.25, -0.2) is 0 Å². The van der Waals surface area contributed by atoms with E-state index in [0.29, 0.717) is 5.41 Å². The molecule has 0 unspecified atom stereocenters. The van der Waals surface area contributed by atoms with E-state index < -0.39 is 0 Å². The van der Waals surface area contributed by atoms with E-state index in [0.717, 1.165) is 0 Å². The van der Waals surface area contributed by atoms with Crippen molar-refractivity contribution >= 4 is 15.9 Å². The summed E-state index contributed by atoms with van der Waals surface area (Å²) in [5.41, 5.74) is 0.435. The number of alkyl halides is 1. The van der Waals surface area contributed by atoms with Crippen molar-refractivity contribution in [1.29, 1.82) is 0 Å². The molecule has 0 radical (unpaired) electrons. The predicted molar refractivity (Wildman–Crippen MR) is 83.1 cm³/mol. The van der Waals surface area contributed by atoms with Crippen molar-refractivity contribution in [3.05, 3.63) is 0 Å². The molecule has 0 fully saturated rings. The van der Waals surface area contributed by atoms with E-state index in [4.69, 9.17) is 0 Å². The maximum atomic E-state index is 3.48. The molecule has 2 heteroatoms. The highest BCUT2D eigenvalue weighted by Gasteiger charge is 2.12. The Bertz CT molecular complexity index is 163. The van der Waals surface area contributed by atoms with Gasteiger partial charge in [0.15, 0.2) is 0 Å². The van der Waals surface area contributed by atoms with Crippen LogP contribution in [-0.2, 0) is 0 Å². The lowest BCUT2D eigenvalue weighted by Crippen LogP contribution is -2.30. The fourth-order valence-corrected chi connectivity index (χ4v) is 2.65. The quantitative estimate of drug-likeness (QED) is 0.401. The second-order valence-corrected chi connectivity index (χ2v) is 7.26. The molecular formula is C15H32BrN. The Morgan fingerprint density at radius 1 is 0.824 bits per heavy atom. The third-order valence-corrected chi connectivity index (χ3v) is 3.48. The van der Waals surface area contributed by atoms with E-state index in [9.17, 15) is 0 Å². The van der Waals surface area contributed by atoms with Gasteiger partial charge in [0.25, 0.3) is 0 Å². The Morgan fingerprint density at radius 3 is 1.76 bits per heavy atom. The summed E-state index contributed by atoms with van der Waals surface area (Å²) in [6.07, 6.45) is 9.78. The average Bonchev–Trinajstić information content (AvgIpc) is 2.19. The Morgan fingerprint density at radius 2 is 1.29 bits per heavy atom. The van der Waals surface area contributed by atoms with Crippen LogP contribution >= 0.6 is 15.9 Å². The van der Waals surface area contributed by atoms with Crippen LogP contribution in [0.2, 0.25) is 0 Å². The number of unbranched alkanes of at least 4 members (excludes halogenated alkanes) is 6. The first-order valence-electron chi connectivity index (χ1n) is 7.20. The first-order valence-corrected chi connectivity index (χ1v) is 8.32. The fourth-order valence-electron chi connectivity index (χ4n) is 2.25. The lowest BCUT2D eigenvalue weighted by molar-refractivity contribution is 0.223. The molecule has 0 spiro atoms. The molecule has 0 saturated heterocycles. The van der Waals surface area contributed by atoms with Crippen molar-refractivity contribution in [3.8, 4) is 0 Å².